The van der Waals surface area contributed by atoms with E-state index in [0.29, 0.717) is 36.9 Å². The minimum atomic E-state index is 0.334. The molecule has 0 spiro atoms. The van der Waals surface area contributed by atoms with E-state index in [9.17, 15) is 0 Å². The second-order valence-electron chi connectivity index (χ2n) is 9.23. The highest BCUT2D eigenvalue weighted by Gasteiger charge is 2.23. The highest BCUT2D eigenvalue weighted by atomic mass is 15.3. The van der Waals surface area contributed by atoms with E-state index < -0.39 is 0 Å². The Bertz CT molecular complexity index is 1050. The van der Waals surface area contributed by atoms with Crippen molar-refractivity contribution < 1.29 is 0 Å². The van der Waals surface area contributed by atoms with Crippen molar-refractivity contribution >= 4 is 17.8 Å². The summed E-state index contributed by atoms with van der Waals surface area (Å²) in [7, 11) is 0. The second kappa shape index (κ2) is 14.1. The van der Waals surface area contributed by atoms with Gasteiger partial charge in [-0.05, 0) is 37.8 Å². The molecule has 3 aromatic rings. The minimum Gasteiger partial charge on any atom is -0.351 e. The number of rotatable bonds is 12. The number of benzene rings is 2. The standard InChI is InChI=1S/C30H39N7/c1-3-5-19-31-28-34-29(32-20-6-4-2)36-30(35-28)37-21-17-26(18-22-37)33-23-27(24-13-9-7-10-14-24)25-15-11-8-12-16-25/h3-16,26-27,33H,17-23H2,1-2H3,(H2,31,32,34,35,36). The fraction of sp³-hybridized carbons (Fsp3) is 0.367. The third kappa shape index (κ3) is 7.89. The third-order valence-electron chi connectivity index (χ3n) is 6.64. The van der Waals surface area contributed by atoms with Crippen molar-refractivity contribution in [1.29, 1.82) is 0 Å². The molecule has 0 bridgehead atoms. The molecular weight excluding hydrogens is 458 g/mol. The van der Waals surface area contributed by atoms with Gasteiger partial charge < -0.3 is 20.9 Å². The molecule has 0 atom stereocenters. The van der Waals surface area contributed by atoms with Crippen molar-refractivity contribution in [3.05, 3.63) is 96.1 Å². The van der Waals surface area contributed by atoms with Crippen molar-refractivity contribution in [2.24, 2.45) is 0 Å². The first-order chi connectivity index (χ1) is 18.3. The molecule has 7 nitrogen and oxygen atoms in total. The highest BCUT2D eigenvalue weighted by Crippen LogP contribution is 2.25. The molecule has 1 aromatic heterocycles. The Balaban J connectivity index is 1.38. The molecular formula is C30H39N7. The zero-order valence-electron chi connectivity index (χ0n) is 22.0. The lowest BCUT2D eigenvalue weighted by molar-refractivity contribution is 0.407. The maximum absolute atomic E-state index is 4.72. The Hall–Kier alpha value is -3.71. The monoisotopic (exact) mass is 497 g/mol. The maximum atomic E-state index is 4.72. The molecule has 0 unspecified atom stereocenters. The summed E-state index contributed by atoms with van der Waals surface area (Å²) in [5.41, 5.74) is 2.69. The van der Waals surface area contributed by atoms with Crippen molar-refractivity contribution in [2.75, 3.05) is 48.3 Å². The summed E-state index contributed by atoms with van der Waals surface area (Å²) in [6, 6.07) is 22.1. The summed E-state index contributed by atoms with van der Waals surface area (Å²) in [6.45, 7) is 8.11. The molecule has 2 heterocycles. The normalized spacial score (nSPS) is 14.6. The number of hydrogen-bond donors (Lipinski definition) is 3. The molecule has 1 saturated heterocycles. The molecule has 2 aromatic carbocycles. The highest BCUT2D eigenvalue weighted by molar-refractivity contribution is 5.44. The summed E-state index contributed by atoms with van der Waals surface area (Å²) in [5, 5.41) is 10.4. The Labute approximate surface area is 221 Å². The largest absolute Gasteiger partial charge is 0.351 e. The van der Waals surface area contributed by atoms with Crippen LogP contribution in [0.25, 0.3) is 0 Å². The molecule has 4 rings (SSSR count). The van der Waals surface area contributed by atoms with E-state index in [4.69, 9.17) is 9.97 Å². The number of allylic oxidation sites excluding steroid dienone is 2. The number of nitrogens with zero attached hydrogens (tertiary/aromatic N) is 4. The lowest BCUT2D eigenvalue weighted by Crippen LogP contribution is -2.44. The van der Waals surface area contributed by atoms with Crippen LogP contribution >= 0.6 is 0 Å². The maximum Gasteiger partial charge on any atom is 0.231 e. The van der Waals surface area contributed by atoms with Crippen molar-refractivity contribution in [3.63, 3.8) is 0 Å². The van der Waals surface area contributed by atoms with E-state index in [0.717, 1.165) is 38.4 Å². The van der Waals surface area contributed by atoms with E-state index in [1.165, 1.54) is 11.1 Å². The SMILES string of the molecule is CC=CCNc1nc(NCC=CC)nc(N2CCC(NCC(c3ccccc3)c3ccccc3)CC2)n1. The van der Waals surface area contributed by atoms with Crippen molar-refractivity contribution in [3.8, 4) is 0 Å². The van der Waals surface area contributed by atoms with Crippen LogP contribution < -0.4 is 20.9 Å². The Morgan fingerprint density at radius 1 is 0.784 bits per heavy atom. The molecule has 7 heteroatoms. The van der Waals surface area contributed by atoms with Gasteiger partial charge >= 0.3 is 0 Å². The first-order valence-corrected chi connectivity index (χ1v) is 13.3. The van der Waals surface area contributed by atoms with Crippen LogP contribution in [0.3, 0.4) is 0 Å². The van der Waals surface area contributed by atoms with Gasteiger partial charge in [-0.1, -0.05) is 85.0 Å². The van der Waals surface area contributed by atoms with E-state index in [-0.39, 0.29) is 0 Å². The van der Waals surface area contributed by atoms with Crippen LogP contribution in [-0.2, 0) is 0 Å². The molecule has 3 N–H and O–H groups in total. The molecule has 37 heavy (non-hydrogen) atoms. The quantitative estimate of drug-likeness (QED) is 0.296. The smallest absolute Gasteiger partial charge is 0.231 e. The van der Waals surface area contributed by atoms with Gasteiger partial charge in [0.25, 0.3) is 0 Å². The third-order valence-corrected chi connectivity index (χ3v) is 6.64. The average Bonchev–Trinajstić information content (AvgIpc) is 2.95. The fourth-order valence-corrected chi connectivity index (χ4v) is 4.57. The number of anilines is 3. The Morgan fingerprint density at radius 2 is 1.30 bits per heavy atom. The molecule has 0 saturated carbocycles. The van der Waals surface area contributed by atoms with E-state index >= 15 is 0 Å². The zero-order valence-corrected chi connectivity index (χ0v) is 22.0. The van der Waals surface area contributed by atoms with E-state index in [1.54, 1.807) is 0 Å². The zero-order chi connectivity index (χ0) is 25.7. The van der Waals surface area contributed by atoms with Gasteiger partial charge in [-0.2, -0.15) is 15.0 Å². The van der Waals surface area contributed by atoms with Crippen LogP contribution in [0.4, 0.5) is 17.8 Å². The summed E-state index contributed by atoms with van der Waals surface area (Å²) in [5.74, 6) is 2.26. The van der Waals surface area contributed by atoms with Gasteiger partial charge in [0.05, 0.1) is 0 Å². The van der Waals surface area contributed by atoms with Crippen LogP contribution in [0.2, 0.25) is 0 Å². The van der Waals surface area contributed by atoms with E-state index in [1.807, 2.05) is 38.2 Å². The van der Waals surface area contributed by atoms with Crippen LogP contribution in [-0.4, -0.2) is 53.7 Å². The lowest BCUT2D eigenvalue weighted by Gasteiger charge is -2.33. The van der Waals surface area contributed by atoms with Crippen molar-refractivity contribution in [1.82, 2.24) is 20.3 Å². The topological polar surface area (TPSA) is 78.0 Å². The van der Waals surface area contributed by atoms with E-state index in [2.05, 4.69) is 86.5 Å². The van der Waals surface area contributed by atoms with Crippen LogP contribution in [0.5, 0.6) is 0 Å². The Kier molecular flexibility index (Phi) is 10.1. The summed E-state index contributed by atoms with van der Waals surface area (Å²) in [6.07, 6.45) is 10.2. The van der Waals surface area contributed by atoms with Crippen LogP contribution in [0, 0.1) is 0 Å². The molecule has 1 fully saturated rings. The van der Waals surface area contributed by atoms with Gasteiger partial charge in [0.2, 0.25) is 17.8 Å². The number of piperidine rings is 1. The number of aromatic nitrogens is 3. The number of nitrogens with one attached hydrogen (secondary N) is 3. The lowest BCUT2D eigenvalue weighted by atomic mass is 9.90. The van der Waals surface area contributed by atoms with Gasteiger partial charge in [0, 0.05) is 44.7 Å². The van der Waals surface area contributed by atoms with Gasteiger partial charge in [-0.15, -0.1) is 0 Å². The molecule has 1 aliphatic rings. The van der Waals surface area contributed by atoms with Crippen LogP contribution in [0.1, 0.15) is 43.7 Å². The predicted molar refractivity (Wildman–Crippen MR) is 154 cm³/mol. The predicted octanol–water partition coefficient (Wildman–Crippen LogP) is 5.24. The molecule has 0 aliphatic carbocycles. The van der Waals surface area contributed by atoms with Gasteiger partial charge in [0.1, 0.15) is 0 Å². The van der Waals surface area contributed by atoms with Gasteiger partial charge in [0.15, 0.2) is 0 Å². The average molecular weight is 498 g/mol. The van der Waals surface area contributed by atoms with Crippen LogP contribution in [0.15, 0.2) is 85.0 Å². The minimum absolute atomic E-state index is 0.334. The molecule has 194 valence electrons. The Morgan fingerprint density at radius 3 is 1.78 bits per heavy atom. The first kappa shape index (κ1) is 26.4. The van der Waals surface area contributed by atoms with Gasteiger partial charge in [-0.3, -0.25) is 0 Å². The van der Waals surface area contributed by atoms with Crippen molar-refractivity contribution in [2.45, 2.75) is 38.6 Å². The molecule has 0 radical (unpaired) electrons. The molecule has 0 amide bonds. The first-order valence-electron chi connectivity index (χ1n) is 13.3. The summed E-state index contributed by atoms with van der Waals surface area (Å²) in [4.78, 5) is 16.2. The fourth-order valence-electron chi connectivity index (χ4n) is 4.57. The summed E-state index contributed by atoms with van der Waals surface area (Å²) < 4.78 is 0. The summed E-state index contributed by atoms with van der Waals surface area (Å²) >= 11 is 0. The molecule has 1 aliphatic heterocycles. The second-order valence-corrected chi connectivity index (χ2v) is 9.23. The van der Waals surface area contributed by atoms with Gasteiger partial charge in [-0.25, -0.2) is 0 Å². The number of hydrogen-bond acceptors (Lipinski definition) is 7.